The number of rotatable bonds is 7. The van der Waals surface area contributed by atoms with Crippen molar-refractivity contribution in [3.63, 3.8) is 0 Å². The molecular formula is C18H23N5O2S. The van der Waals surface area contributed by atoms with Crippen molar-refractivity contribution in [3.05, 3.63) is 53.7 Å². The zero-order valence-electron chi connectivity index (χ0n) is 15.2. The van der Waals surface area contributed by atoms with Crippen molar-refractivity contribution in [2.45, 2.75) is 32.2 Å². The topological polar surface area (TPSA) is 79.6 Å². The van der Waals surface area contributed by atoms with E-state index >= 15 is 0 Å². The van der Waals surface area contributed by atoms with E-state index in [4.69, 9.17) is 0 Å². The normalized spacial score (nSPS) is 12.0. The van der Waals surface area contributed by atoms with Crippen molar-refractivity contribution < 1.29 is 8.42 Å². The van der Waals surface area contributed by atoms with Gasteiger partial charge < -0.3 is 5.32 Å². The van der Waals surface area contributed by atoms with Crippen LogP contribution in [0.2, 0.25) is 0 Å². The number of fused-ring (bicyclic) bond motifs is 1. The van der Waals surface area contributed by atoms with E-state index in [-0.39, 0.29) is 4.90 Å². The number of hydrogen-bond donors (Lipinski definition) is 1. The third-order valence-corrected chi connectivity index (χ3v) is 6.56. The monoisotopic (exact) mass is 373 g/mol. The molecule has 1 aromatic carbocycles. The van der Waals surface area contributed by atoms with Crippen molar-refractivity contribution in [2.75, 3.05) is 18.4 Å². The van der Waals surface area contributed by atoms with Crippen LogP contribution in [0.4, 0.5) is 5.95 Å². The van der Waals surface area contributed by atoms with Crippen molar-refractivity contribution >= 4 is 21.6 Å². The van der Waals surface area contributed by atoms with Gasteiger partial charge >= 0.3 is 0 Å². The summed E-state index contributed by atoms with van der Waals surface area (Å²) in [5.41, 5.74) is 2.31. The fourth-order valence-corrected chi connectivity index (χ4v) is 4.65. The molecule has 0 aliphatic carbocycles. The van der Waals surface area contributed by atoms with Gasteiger partial charge in [0.05, 0.1) is 0 Å². The first-order chi connectivity index (χ1) is 12.5. The number of pyridine rings is 1. The predicted molar refractivity (Wildman–Crippen MR) is 102 cm³/mol. The first-order valence-corrected chi connectivity index (χ1v) is 10.1. The van der Waals surface area contributed by atoms with Crippen LogP contribution in [0, 0.1) is 6.92 Å². The van der Waals surface area contributed by atoms with Crippen molar-refractivity contribution in [3.8, 4) is 0 Å². The summed E-state index contributed by atoms with van der Waals surface area (Å²) in [4.78, 5) is 0.274. The third-order valence-electron chi connectivity index (χ3n) is 4.38. The summed E-state index contributed by atoms with van der Waals surface area (Å²) in [5, 5.41) is 11.6. The minimum absolute atomic E-state index is 0.274. The Labute approximate surface area is 153 Å². The van der Waals surface area contributed by atoms with Gasteiger partial charge in [-0.05, 0) is 24.6 Å². The maximum Gasteiger partial charge on any atom is 0.244 e. The van der Waals surface area contributed by atoms with E-state index in [1.807, 2.05) is 44.2 Å². The summed E-state index contributed by atoms with van der Waals surface area (Å²) in [6.45, 7) is 6.88. The molecule has 0 amide bonds. The molecule has 0 saturated carbocycles. The first kappa shape index (κ1) is 18.3. The summed E-state index contributed by atoms with van der Waals surface area (Å²) in [6, 6.07) is 13.2. The Morgan fingerprint density at radius 3 is 2.38 bits per heavy atom. The maximum absolute atomic E-state index is 12.9. The number of benzene rings is 1. The van der Waals surface area contributed by atoms with Gasteiger partial charge in [0.25, 0.3) is 0 Å². The average Bonchev–Trinajstić information content (AvgIpc) is 3.06. The summed E-state index contributed by atoms with van der Waals surface area (Å²) in [7, 11) is -3.56. The largest absolute Gasteiger partial charge is 0.350 e. The number of sulfonamides is 1. The quantitative estimate of drug-likeness (QED) is 0.689. The highest BCUT2D eigenvalue weighted by atomic mass is 32.2. The molecule has 0 unspecified atom stereocenters. The molecule has 0 aliphatic rings. The van der Waals surface area contributed by atoms with E-state index in [2.05, 4.69) is 15.5 Å². The highest BCUT2D eigenvalue weighted by Gasteiger charge is 2.25. The van der Waals surface area contributed by atoms with Gasteiger partial charge in [0.15, 0.2) is 5.65 Å². The lowest BCUT2D eigenvalue weighted by molar-refractivity contribution is 0.444. The molecule has 8 heteroatoms. The van der Waals surface area contributed by atoms with Gasteiger partial charge in [-0.1, -0.05) is 44.2 Å². The molecule has 26 heavy (non-hydrogen) atoms. The number of aromatic nitrogens is 3. The SMILES string of the molecule is CCN(CC)S(=O)(=O)c1ccc2nnc(NCc3ccccc3)n2c1C. The van der Waals surface area contributed by atoms with E-state index in [0.717, 1.165) is 5.56 Å². The summed E-state index contributed by atoms with van der Waals surface area (Å²) in [5.74, 6) is 0.526. The first-order valence-electron chi connectivity index (χ1n) is 8.61. The Hall–Kier alpha value is -2.45. The fourth-order valence-electron chi connectivity index (χ4n) is 2.98. The van der Waals surface area contributed by atoms with E-state index in [1.54, 1.807) is 23.5 Å². The van der Waals surface area contributed by atoms with Crippen LogP contribution in [0.15, 0.2) is 47.4 Å². The highest BCUT2D eigenvalue weighted by Crippen LogP contribution is 2.23. The van der Waals surface area contributed by atoms with Gasteiger partial charge in [-0.3, -0.25) is 4.40 Å². The van der Waals surface area contributed by atoms with E-state index in [0.29, 0.717) is 36.9 Å². The lowest BCUT2D eigenvalue weighted by atomic mass is 10.2. The second-order valence-corrected chi connectivity index (χ2v) is 7.84. The number of nitrogens with one attached hydrogen (secondary N) is 1. The van der Waals surface area contributed by atoms with Crippen LogP contribution in [-0.4, -0.2) is 40.4 Å². The molecule has 0 saturated heterocycles. The average molecular weight is 373 g/mol. The molecular weight excluding hydrogens is 350 g/mol. The molecule has 3 rings (SSSR count). The van der Waals surface area contributed by atoms with Crippen LogP contribution in [-0.2, 0) is 16.6 Å². The molecule has 138 valence electrons. The van der Waals surface area contributed by atoms with Crippen LogP contribution in [0.5, 0.6) is 0 Å². The van der Waals surface area contributed by atoms with Crippen molar-refractivity contribution in [1.82, 2.24) is 18.9 Å². The minimum atomic E-state index is -3.56. The Morgan fingerprint density at radius 1 is 1.04 bits per heavy atom. The van der Waals surface area contributed by atoms with Crippen molar-refractivity contribution in [2.24, 2.45) is 0 Å². The molecule has 0 aliphatic heterocycles. The second-order valence-electron chi connectivity index (χ2n) is 5.93. The summed E-state index contributed by atoms with van der Waals surface area (Å²) < 4.78 is 29.0. The van der Waals surface area contributed by atoms with Gasteiger partial charge in [-0.25, -0.2) is 8.42 Å². The summed E-state index contributed by atoms with van der Waals surface area (Å²) in [6.07, 6.45) is 0. The van der Waals surface area contributed by atoms with Gasteiger partial charge in [-0.2, -0.15) is 4.31 Å². The highest BCUT2D eigenvalue weighted by molar-refractivity contribution is 7.89. The second kappa shape index (κ2) is 7.43. The minimum Gasteiger partial charge on any atom is -0.350 e. The van der Waals surface area contributed by atoms with Crippen LogP contribution in [0.1, 0.15) is 25.1 Å². The molecule has 0 fully saturated rings. The molecule has 0 atom stereocenters. The molecule has 3 aromatic rings. The number of aryl methyl sites for hydroxylation is 1. The lowest BCUT2D eigenvalue weighted by Crippen LogP contribution is -2.31. The molecule has 2 heterocycles. The molecule has 0 radical (unpaired) electrons. The Morgan fingerprint density at radius 2 is 1.73 bits per heavy atom. The van der Waals surface area contributed by atoms with E-state index in [9.17, 15) is 8.42 Å². The van der Waals surface area contributed by atoms with Gasteiger partial charge in [-0.15, -0.1) is 10.2 Å². The number of nitrogens with zero attached hydrogens (tertiary/aromatic N) is 4. The zero-order valence-corrected chi connectivity index (χ0v) is 16.0. The van der Waals surface area contributed by atoms with E-state index < -0.39 is 10.0 Å². The van der Waals surface area contributed by atoms with E-state index in [1.165, 1.54) is 4.31 Å². The van der Waals surface area contributed by atoms with Gasteiger partial charge in [0, 0.05) is 25.3 Å². The zero-order chi connectivity index (χ0) is 18.7. The predicted octanol–water partition coefficient (Wildman–Crippen LogP) is 2.68. The number of hydrogen-bond acceptors (Lipinski definition) is 5. The Kier molecular flexibility index (Phi) is 5.24. The summed E-state index contributed by atoms with van der Waals surface area (Å²) >= 11 is 0. The van der Waals surface area contributed by atoms with Crippen LogP contribution < -0.4 is 5.32 Å². The standard InChI is InChI=1S/C18H23N5O2S/c1-4-22(5-2)26(24,25)16-11-12-17-20-21-18(23(17)14(16)3)19-13-15-9-7-6-8-10-15/h6-12H,4-5,13H2,1-3H3,(H,19,21). The van der Waals surface area contributed by atoms with Gasteiger partial charge in [0.1, 0.15) is 4.90 Å². The Bertz CT molecular complexity index is 995. The molecule has 0 bridgehead atoms. The molecule has 0 spiro atoms. The molecule has 2 aromatic heterocycles. The lowest BCUT2D eigenvalue weighted by Gasteiger charge is -2.20. The third kappa shape index (κ3) is 3.30. The smallest absolute Gasteiger partial charge is 0.244 e. The van der Waals surface area contributed by atoms with Crippen LogP contribution in [0.3, 0.4) is 0 Å². The van der Waals surface area contributed by atoms with Crippen molar-refractivity contribution in [1.29, 1.82) is 0 Å². The molecule has 1 N–H and O–H groups in total. The van der Waals surface area contributed by atoms with Gasteiger partial charge in [0.2, 0.25) is 16.0 Å². The van der Waals surface area contributed by atoms with Crippen LogP contribution in [0.25, 0.3) is 5.65 Å². The van der Waals surface area contributed by atoms with Crippen LogP contribution >= 0.6 is 0 Å². The fraction of sp³-hybridized carbons (Fsp3) is 0.333. The maximum atomic E-state index is 12.9. The molecule has 7 nitrogen and oxygen atoms in total. The Balaban J connectivity index is 2.00. The number of anilines is 1.